The SMILES string of the molecule is CCCCCCCC/C=C\CCCCCCCC(=O)OCCCCCCCCCCCCCCCCCCCCCCCCCCCCCCCC(=O)NC(CO)C(O)/C=C/CCCCCCCCCCCCCCCC. The number of ether oxygens (including phenoxy) is 1. The summed E-state index contributed by atoms with van der Waals surface area (Å²) < 4.78 is 5.49. The first-order chi connectivity index (χ1) is 38.0. The number of allylic oxidation sites excluding steroid dienone is 3. The lowest BCUT2D eigenvalue weighted by atomic mass is 10.0. The van der Waals surface area contributed by atoms with Crippen LogP contribution in [0.5, 0.6) is 0 Å². The Bertz CT molecular complexity index is 1200. The number of amides is 1. The van der Waals surface area contributed by atoms with Crippen molar-refractivity contribution in [2.75, 3.05) is 13.2 Å². The third kappa shape index (κ3) is 63.4. The molecule has 6 nitrogen and oxygen atoms in total. The maximum absolute atomic E-state index is 12.5. The van der Waals surface area contributed by atoms with Crippen LogP contribution in [0.1, 0.15) is 393 Å². The molecular formula is C71H137NO5. The fraction of sp³-hybridized carbons (Fsp3) is 0.915. The van der Waals surface area contributed by atoms with E-state index in [4.69, 9.17) is 4.74 Å². The van der Waals surface area contributed by atoms with Gasteiger partial charge in [0.25, 0.3) is 0 Å². The van der Waals surface area contributed by atoms with Crippen LogP contribution in [0.3, 0.4) is 0 Å². The number of carbonyl (C=O) groups excluding carboxylic acids is 2. The highest BCUT2D eigenvalue weighted by molar-refractivity contribution is 5.76. The zero-order valence-corrected chi connectivity index (χ0v) is 52.2. The lowest BCUT2D eigenvalue weighted by Gasteiger charge is -2.20. The molecule has 0 rings (SSSR count). The summed E-state index contributed by atoms with van der Waals surface area (Å²) >= 11 is 0. The van der Waals surface area contributed by atoms with E-state index < -0.39 is 12.1 Å². The summed E-state index contributed by atoms with van der Waals surface area (Å²) in [5.41, 5.74) is 0. The van der Waals surface area contributed by atoms with Crippen molar-refractivity contribution in [3.05, 3.63) is 24.3 Å². The molecule has 0 bridgehead atoms. The van der Waals surface area contributed by atoms with E-state index in [1.165, 1.54) is 321 Å². The summed E-state index contributed by atoms with van der Waals surface area (Å²) in [5.74, 6) is -0.0498. The lowest BCUT2D eigenvalue weighted by molar-refractivity contribution is -0.143. The van der Waals surface area contributed by atoms with Crippen LogP contribution in [0, 0.1) is 0 Å². The smallest absolute Gasteiger partial charge is 0.305 e. The molecule has 2 unspecified atom stereocenters. The van der Waals surface area contributed by atoms with E-state index in [-0.39, 0.29) is 18.5 Å². The van der Waals surface area contributed by atoms with Gasteiger partial charge in [0.15, 0.2) is 0 Å². The average Bonchev–Trinajstić information content (AvgIpc) is 3.43. The fourth-order valence-corrected chi connectivity index (χ4v) is 11.1. The third-order valence-electron chi connectivity index (χ3n) is 16.5. The van der Waals surface area contributed by atoms with Gasteiger partial charge in [-0.3, -0.25) is 9.59 Å². The first-order valence-corrected chi connectivity index (χ1v) is 35.1. The van der Waals surface area contributed by atoms with Crippen LogP contribution < -0.4 is 5.32 Å². The Labute approximate surface area is 481 Å². The zero-order valence-electron chi connectivity index (χ0n) is 52.2. The minimum absolute atomic E-state index is 0.0118. The summed E-state index contributed by atoms with van der Waals surface area (Å²) in [6.45, 7) is 4.93. The predicted molar refractivity (Wildman–Crippen MR) is 338 cm³/mol. The highest BCUT2D eigenvalue weighted by Crippen LogP contribution is 2.19. The van der Waals surface area contributed by atoms with E-state index in [9.17, 15) is 19.8 Å². The van der Waals surface area contributed by atoms with Gasteiger partial charge in [-0.05, 0) is 57.8 Å². The van der Waals surface area contributed by atoms with Crippen molar-refractivity contribution in [1.82, 2.24) is 5.32 Å². The quantitative estimate of drug-likeness (QED) is 0.0320. The fourth-order valence-electron chi connectivity index (χ4n) is 11.1. The number of hydrogen-bond donors (Lipinski definition) is 3. The number of carbonyl (C=O) groups is 2. The van der Waals surface area contributed by atoms with Gasteiger partial charge in [0.05, 0.1) is 25.4 Å². The van der Waals surface area contributed by atoms with E-state index in [0.717, 1.165) is 44.9 Å². The van der Waals surface area contributed by atoms with Crippen LogP contribution in [-0.2, 0) is 14.3 Å². The molecule has 77 heavy (non-hydrogen) atoms. The second-order valence-corrected chi connectivity index (χ2v) is 24.2. The summed E-state index contributed by atoms with van der Waals surface area (Å²) in [6.07, 6.45) is 84.0. The second-order valence-electron chi connectivity index (χ2n) is 24.2. The number of unbranched alkanes of at least 4 members (excludes halogenated alkanes) is 53. The number of esters is 1. The number of nitrogens with one attached hydrogen (secondary N) is 1. The van der Waals surface area contributed by atoms with Crippen LogP contribution in [-0.4, -0.2) is 47.4 Å². The van der Waals surface area contributed by atoms with Gasteiger partial charge in [-0.15, -0.1) is 0 Å². The Kier molecular flexibility index (Phi) is 65.4. The molecule has 0 aromatic rings. The topological polar surface area (TPSA) is 95.9 Å². The largest absolute Gasteiger partial charge is 0.466 e. The minimum Gasteiger partial charge on any atom is -0.466 e. The molecule has 456 valence electrons. The summed E-state index contributed by atoms with van der Waals surface area (Å²) in [6, 6.07) is -0.625. The first-order valence-electron chi connectivity index (χ1n) is 35.1. The minimum atomic E-state index is -0.842. The van der Waals surface area contributed by atoms with Crippen molar-refractivity contribution >= 4 is 11.9 Å². The molecule has 0 saturated carbocycles. The van der Waals surface area contributed by atoms with Crippen molar-refractivity contribution in [1.29, 1.82) is 0 Å². The zero-order chi connectivity index (χ0) is 55.7. The summed E-state index contributed by atoms with van der Waals surface area (Å²) in [4.78, 5) is 24.6. The van der Waals surface area contributed by atoms with Gasteiger partial charge in [0, 0.05) is 12.8 Å². The van der Waals surface area contributed by atoms with Gasteiger partial charge in [0.1, 0.15) is 0 Å². The Morgan fingerprint density at radius 3 is 0.922 bits per heavy atom. The van der Waals surface area contributed by atoms with Crippen molar-refractivity contribution in [3.63, 3.8) is 0 Å². The van der Waals surface area contributed by atoms with Gasteiger partial charge < -0.3 is 20.3 Å². The first kappa shape index (κ1) is 75.3. The Hall–Kier alpha value is -1.66. The molecule has 0 radical (unpaired) electrons. The molecule has 0 aliphatic carbocycles. The van der Waals surface area contributed by atoms with Gasteiger partial charge in [0.2, 0.25) is 5.91 Å². The van der Waals surface area contributed by atoms with Crippen molar-refractivity contribution < 1.29 is 24.5 Å². The highest BCUT2D eigenvalue weighted by Gasteiger charge is 2.18. The van der Waals surface area contributed by atoms with Crippen LogP contribution in [0.25, 0.3) is 0 Å². The Balaban J connectivity index is 3.35. The van der Waals surface area contributed by atoms with E-state index in [1.807, 2.05) is 6.08 Å². The standard InChI is InChI=1S/C71H137NO5/c1-3-5-7-9-11-13-15-17-19-36-39-43-47-51-55-59-63-69(74)68(67-73)72-70(75)64-60-56-52-48-44-40-37-33-31-29-27-25-23-21-20-22-24-26-28-30-32-34-38-42-46-50-54-58-62-66-77-71(76)65-61-57-53-49-45-41-35-18-16-14-12-10-8-6-4-2/h18,35,59,63,68-69,73-74H,3-17,19-34,36-58,60-62,64-67H2,1-2H3,(H,72,75)/b35-18-,63-59+. The van der Waals surface area contributed by atoms with Gasteiger partial charge in [-0.1, -0.05) is 346 Å². The maximum atomic E-state index is 12.5. The molecule has 0 saturated heterocycles. The van der Waals surface area contributed by atoms with Crippen LogP contribution >= 0.6 is 0 Å². The van der Waals surface area contributed by atoms with Crippen molar-refractivity contribution in [2.45, 2.75) is 405 Å². The van der Waals surface area contributed by atoms with Gasteiger partial charge in [-0.2, -0.15) is 0 Å². The molecule has 0 aliphatic heterocycles. The Morgan fingerprint density at radius 1 is 0.351 bits per heavy atom. The molecule has 0 aromatic heterocycles. The third-order valence-corrected chi connectivity index (χ3v) is 16.5. The van der Waals surface area contributed by atoms with Crippen LogP contribution in [0.2, 0.25) is 0 Å². The molecule has 0 aromatic carbocycles. The molecule has 0 fully saturated rings. The molecular weight excluding hydrogens is 947 g/mol. The van der Waals surface area contributed by atoms with Gasteiger partial charge >= 0.3 is 5.97 Å². The van der Waals surface area contributed by atoms with Crippen molar-refractivity contribution in [2.24, 2.45) is 0 Å². The van der Waals surface area contributed by atoms with Crippen LogP contribution in [0.4, 0.5) is 0 Å². The van der Waals surface area contributed by atoms with E-state index >= 15 is 0 Å². The average molecular weight is 1080 g/mol. The molecule has 1 amide bonds. The number of aliphatic hydroxyl groups excluding tert-OH is 2. The van der Waals surface area contributed by atoms with Crippen LogP contribution in [0.15, 0.2) is 24.3 Å². The van der Waals surface area contributed by atoms with Crippen molar-refractivity contribution in [3.8, 4) is 0 Å². The molecule has 0 heterocycles. The monoisotopic (exact) mass is 1080 g/mol. The number of aliphatic hydroxyl groups is 2. The van der Waals surface area contributed by atoms with E-state index in [0.29, 0.717) is 19.4 Å². The molecule has 0 spiro atoms. The normalized spacial score (nSPS) is 12.6. The molecule has 0 aliphatic rings. The predicted octanol–water partition coefficient (Wildman–Crippen LogP) is 22.5. The summed E-state index contributed by atoms with van der Waals surface area (Å²) in [5, 5.41) is 23.2. The highest BCUT2D eigenvalue weighted by atomic mass is 16.5. The second kappa shape index (κ2) is 66.8. The van der Waals surface area contributed by atoms with Gasteiger partial charge in [-0.25, -0.2) is 0 Å². The van der Waals surface area contributed by atoms with E-state index in [1.54, 1.807) is 6.08 Å². The molecule has 3 N–H and O–H groups in total. The number of hydrogen-bond acceptors (Lipinski definition) is 5. The molecule has 6 heteroatoms. The lowest BCUT2D eigenvalue weighted by Crippen LogP contribution is -2.45. The maximum Gasteiger partial charge on any atom is 0.305 e. The molecule has 2 atom stereocenters. The Morgan fingerprint density at radius 2 is 0.610 bits per heavy atom. The summed E-state index contributed by atoms with van der Waals surface area (Å²) in [7, 11) is 0. The van der Waals surface area contributed by atoms with E-state index in [2.05, 4.69) is 31.3 Å². The number of rotatable bonds is 66.